The summed E-state index contributed by atoms with van der Waals surface area (Å²) in [6.45, 7) is 15.0. The van der Waals surface area contributed by atoms with Crippen molar-refractivity contribution in [1.29, 1.82) is 0 Å². The van der Waals surface area contributed by atoms with E-state index in [0.29, 0.717) is 22.8 Å². The summed E-state index contributed by atoms with van der Waals surface area (Å²) < 4.78 is 1.63. The Hall–Kier alpha value is 1.17. The van der Waals surface area contributed by atoms with Crippen LogP contribution >= 0.6 is 0 Å². The minimum Gasteiger partial charge on any atom is -1.00 e. The molecule has 60 heavy (non-hydrogen) atoms. The fraction of sp³-hybridized carbons (Fsp3) is 0.906. The molecule has 14 unspecified atom stereocenters. The van der Waals surface area contributed by atoms with Crippen molar-refractivity contribution in [3.8, 4) is 0 Å². The van der Waals surface area contributed by atoms with E-state index in [4.69, 9.17) is 6.92 Å². The van der Waals surface area contributed by atoms with Crippen molar-refractivity contribution in [2.75, 3.05) is 56.4 Å². The molecule has 8 aliphatic rings. The van der Waals surface area contributed by atoms with E-state index in [0.717, 1.165) is 83.2 Å². The molecule has 7 heteroatoms. The average molecular weight is 967 g/mol. The first-order valence-corrected chi connectivity index (χ1v) is 35.6. The van der Waals surface area contributed by atoms with Gasteiger partial charge in [-0.15, -0.1) is 0 Å². The van der Waals surface area contributed by atoms with Crippen LogP contribution in [-0.4, -0.2) is 142 Å². The SMILES string of the molecule is CC([C@H]1CC([CH2][Sn]([CH3])([CH3])[CH3])C2C3CC=C4CC(N(C)C)CC[C@]4(C)C3CCC21)N(C)C.[CH2-]C1C[C@H](C(C)N(C)C)C2CCC3C(CC=C4CC(N(C)C)CC[C@@]43C)C12.[Cl-].[Mg+2]. The van der Waals surface area contributed by atoms with Gasteiger partial charge in [0.1, 0.15) is 0 Å². The molecule has 0 heterocycles. The van der Waals surface area contributed by atoms with Crippen molar-refractivity contribution < 1.29 is 12.4 Å². The minimum atomic E-state index is -1.83. The summed E-state index contributed by atoms with van der Waals surface area (Å²) in [5.74, 6) is 11.0. The molecular weight excluding hydrogens is 871 g/mol. The van der Waals surface area contributed by atoms with Crippen LogP contribution in [0.1, 0.15) is 118 Å². The largest absolute Gasteiger partial charge is 2.00 e. The Bertz CT molecular complexity index is 1490. The normalized spacial score (nSPS) is 44.3. The van der Waals surface area contributed by atoms with Gasteiger partial charge < -0.3 is 29.1 Å². The van der Waals surface area contributed by atoms with Crippen LogP contribution in [0.5, 0.6) is 0 Å². The number of halogens is 1. The molecule has 0 amide bonds. The summed E-state index contributed by atoms with van der Waals surface area (Å²) >= 11 is -1.83. The molecule has 340 valence electrons. The summed E-state index contributed by atoms with van der Waals surface area (Å²) in [7, 11) is 18.3. The third-order valence-electron chi connectivity index (χ3n) is 20.5. The maximum atomic E-state index is 4.72. The second kappa shape index (κ2) is 20.2. The van der Waals surface area contributed by atoms with Gasteiger partial charge in [0.05, 0.1) is 0 Å². The first-order chi connectivity index (χ1) is 27.2. The van der Waals surface area contributed by atoms with Gasteiger partial charge in [-0.2, -0.15) is 5.92 Å². The summed E-state index contributed by atoms with van der Waals surface area (Å²) in [4.78, 5) is 18.0. The van der Waals surface area contributed by atoms with Gasteiger partial charge in [-0.3, -0.25) is 0 Å². The molecule has 0 saturated heterocycles. The Morgan fingerprint density at radius 2 is 1.05 bits per heavy atom. The summed E-state index contributed by atoms with van der Waals surface area (Å²) in [5, 5.41) is 0. The van der Waals surface area contributed by atoms with Gasteiger partial charge in [0, 0.05) is 12.1 Å². The second-order valence-corrected chi connectivity index (χ2v) is 40.9. The number of allylic oxidation sites excluding steroid dienone is 2. The molecule has 4 nitrogen and oxygen atoms in total. The predicted molar refractivity (Wildman–Crippen MR) is 259 cm³/mol. The van der Waals surface area contributed by atoms with Gasteiger partial charge in [-0.05, 0) is 103 Å². The maximum absolute atomic E-state index is 4.72. The number of rotatable bonds is 8. The van der Waals surface area contributed by atoms with Crippen LogP contribution < -0.4 is 12.4 Å². The van der Waals surface area contributed by atoms with E-state index in [-0.39, 0.29) is 35.5 Å². The van der Waals surface area contributed by atoms with Crippen molar-refractivity contribution in [2.45, 2.75) is 161 Å². The molecule has 0 radical (unpaired) electrons. The molecule has 18 atom stereocenters. The first kappa shape index (κ1) is 52.1. The number of nitrogens with zero attached hydrogens (tertiary/aromatic N) is 4. The van der Waals surface area contributed by atoms with Crippen molar-refractivity contribution in [1.82, 2.24) is 19.6 Å². The van der Waals surface area contributed by atoms with Gasteiger partial charge in [0.25, 0.3) is 0 Å². The van der Waals surface area contributed by atoms with E-state index in [1.165, 1.54) is 89.9 Å². The molecule has 6 fully saturated rings. The Kier molecular flexibility index (Phi) is 17.5. The van der Waals surface area contributed by atoms with Gasteiger partial charge in [-0.1, -0.05) is 30.9 Å². The number of fused-ring (bicyclic) bond motifs is 10. The summed E-state index contributed by atoms with van der Waals surface area (Å²) in [5.41, 5.74) is 4.64. The molecule has 0 spiro atoms. The second-order valence-electron chi connectivity index (χ2n) is 25.2. The van der Waals surface area contributed by atoms with Crippen molar-refractivity contribution in [3.05, 3.63) is 30.2 Å². The van der Waals surface area contributed by atoms with Crippen LogP contribution in [-0.2, 0) is 0 Å². The smallest absolute Gasteiger partial charge is 1.00 e. The molecule has 8 rings (SSSR count). The molecule has 0 aromatic heterocycles. The Morgan fingerprint density at radius 3 is 1.47 bits per heavy atom. The van der Waals surface area contributed by atoms with Crippen LogP contribution in [0.4, 0.5) is 0 Å². The molecule has 0 N–H and O–H groups in total. The Labute approximate surface area is 399 Å². The maximum Gasteiger partial charge on any atom is 2.00 e. The molecule has 0 aliphatic heterocycles. The van der Waals surface area contributed by atoms with E-state index >= 15 is 0 Å². The van der Waals surface area contributed by atoms with Crippen molar-refractivity contribution >= 4 is 41.4 Å². The van der Waals surface area contributed by atoms with Crippen molar-refractivity contribution in [3.63, 3.8) is 0 Å². The van der Waals surface area contributed by atoms with Crippen LogP contribution in [0, 0.1) is 88.8 Å². The van der Waals surface area contributed by atoms with Gasteiger partial charge in [-0.25, -0.2) is 0 Å². The Morgan fingerprint density at radius 1 is 0.633 bits per heavy atom. The summed E-state index contributed by atoms with van der Waals surface area (Å²) in [6.07, 6.45) is 25.3. The van der Waals surface area contributed by atoms with Crippen molar-refractivity contribution in [2.24, 2.45) is 81.8 Å². The topological polar surface area (TPSA) is 13.0 Å². The molecule has 8 aliphatic carbocycles. The van der Waals surface area contributed by atoms with Gasteiger partial charge in [0.15, 0.2) is 0 Å². The number of hydrogen-bond acceptors (Lipinski definition) is 4. The standard InChI is InChI=1S/2C25H43N2.3CH3.ClH.Mg.Sn/c2*1-16-14-22(17(2)26(4)5)20-10-11-23-21(24(16)20)9-8-18-15-19(27(6)7)12-13-25(18,23)3;;;;;;/h2*8,16-17,19-24H,1,9-15H2,2-7H3;3*1H3;1H;;/q;-1;;;;;+2;/p-1/t2*16?,17?,19?,20?,21?,22-,23?,24?,25+;;;;;;/m11....../s1. The van der Waals surface area contributed by atoms with Gasteiger partial charge in [0.2, 0.25) is 0 Å². The molecule has 0 aromatic rings. The van der Waals surface area contributed by atoms with E-state index in [2.05, 4.69) is 131 Å². The zero-order valence-electron chi connectivity index (χ0n) is 42.1. The molecule has 0 bridgehead atoms. The van der Waals surface area contributed by atoms with Crippen LogP contribution in [0.15, 0.2) is 23.3 Å². The summed E-state index contributed by atoms with van der Waals surface area (Å²) in [6, 6.07) is 2.97. The number of hydrogen-bond donors (Lipinski definition) is 0. The van der Waals surface area contributed by atoms with E-state index in [9.17, 15) is 0 Å². The van der Waals surface area contributed by atoms with Gasteiger partial charge >= 0.3 is 222 Å². The van der Waals surface area contributed by atoms with E-state index in [1.54, 1.807) is 4.44 Å². The fourth-order valence-electron chi connectivity index (χ4n) is 16.9. The molecular formula is C53H95ClMgN4Sn. The van der Waals surface area contributed by atoms with Crippen LogP contribution in [0.2, 0.25) is 19.3 Å². The third kappa shape index (κ3) is 9.91. The Balaban J connectivity index is 0.000000222. The first-order valence-electron chi connectivity index (χ1n) is 25.0. The minimum absolute atomic E-state index is 0. The zero-order valence-corrected chi connectivity index (χ0v) is 47.1. The predicted octanol–water partition coefficient (Wildman–Crippen LogP) is 8.36. The van der Waals surface area contributed by atoms with E-state index in [1.807, 2.05) is 11.1 Å². The van der Waals surface area contributed by atoms with Crippen LogP contribution in [0.3, 0.4) is 0 Å². The van der Waals surface area contributed by atoms with E-state index < -0.39 is 18.4 Å². The molecule has 6 saturated carbocycles. The van der Waals surface area contributed by atoms with Crippen LogP contribution in [0.25, 0.3) is 0 Å². The zero-order chi connectivity index (χ0) is 42.2. The molecule has 0 aromatic carbocycles. The fourth-order valence-corrected chi connectivity index (χ4v) is 22.7. The average Bonchev–Trinajstić information content (AvgIpc) is 3.69. The monoisotopic (exact) mass is 967 g/mol. The third-order valence-corrected chi connectivity index (χ3v) is 25.4. The quantitative estimate of drug-likeness (QED) is 0.138.